The molecule has 0 aliphatic heterocycles. The van der Waals surface area contributed by atoms with Crippen molar-refractivity contribution in [3.8, 4) is 11.6 Å². The zero-order valence-electron chi connectivity index (χ0n) is 14.6. The van der Waals surface area contributed by atoms with Gasteiger partial charge in [-0.25, -0.2) is 18.6 Å². The van der Waals surface area contributed by atoms with Crippen molar-refractivity contribution in [3.63, 3.8) is 0 Å². The molecule has 3 rings (SSSR count). The number of rotatable bonds is 5. The van der Waals surface area contributed by atoms with E-state index in [-0.39, 0.29) is 17.9 Å². The van der Waals surface area contributed by atoms with Crippen LogP contribution in [0.5, 0.6) is 0 Å². The second kappa shape index (κ2) is 7.38. The third-order valence-corrected chi connectivity index (χ3v) is 4.84. The molecular formula is C16H21F2N5O3. The lowest BCUT2D eigenvalue weighted by molar-refractivity contribution is 0.120. The summed E-state index contributed by atoms with van der Waals surface area (Å²) < 4.78 is 32.5. The van der Waals surface area contributed by atoms with Crippen LogP contribution in [-0.4, -0.2) is 55.4 Å². The number of carboxylic acid groups (broad SMARTS) is 1. The quantitative estimate of drug-likeness (QED) is 0.870. The predicted octanol–water partition coefficient (Wildman–Crippen LogP) is 3.14. The van der Waals surface area contributed by atoms with Gasteiger partial charge >= 0.3 is 6.09 Å². The van der Waals surface area contributed by atoms with E-state index < -0.39 is 19.1 Å². The zero-order valence-corrected chi connectivity index (χ0v) is 14.6. The molecule has 2 aromatic rings. The first-order valence-corrected chi connectivity index (χ1v) is 8.46. The Morgan fingerprint density at radius 2 is 2.23 bits per heavy atom. The molecule has 0 aromatic carbocycles. The fourth-order valence-electron chi connectivity index (χ4n) is 3.44. The Labute approximate surface area is 148 Å². The van der Waals surface area contributed by atoms with E-state index in [1.54, 1.807) is 14.0 Å². The zero-order chi connectivity index (χ0) is 18.8. The molecule has 1 N–H and O–H groups in total. The van der Waals surface area contributed by atoms with E-state index in [2.05, 4.69) is 15.2 Å². The highest BCUT2D eigenvalue weighted by Gasteiger charge is 2.31. The van der Waals surface area contributed by atoms with Gasteiger partial charge in [-0.1, -0.05) is 6.42 Å². The second-order valence-corrected chi connectivity index (χ2v) is 6.58. The lowest BCUT2D eigenvalue weighted by atomic mass is 9.85. The van der Waals surface area contributed by atoms with Gasteiger partial charge in [0, 0.05) is 19.0 Å². The van der Waals surface area contributed by atoms with Gasteiger partial charge in [-0.2, -0.15) is 0 Å². The Bertz CT molecular complexity index is 776. The number of hydrogen-bond donors (Lipinski definition) is 1. The van der Waals surface area contributed by atoms with E-state index in [9.17, 15) is 13.6 Å². The van der Waals surface area contributed by atoms with Gasteiger partial charge in [-0.15, -0.1) is 10.2 Å². The minimum absolute atomic E-state index is 0.0522. The van der Waals surface area contributed by atoms with E-state index in [0.29, 0.717) is 23.7 Å². The van der Waals surface area contributed by atoms with Crippen molar-refractivity contribution in [1.82, 2.24) is 24.6 Å². The minimum Gasteiger partial charge on any atom is -0.465 e. The Morgan fingerprint density at radius 3 is 2.92 bits per heavy atom. The smallest absolute Gasteiger partial charge is 0.407 e. The standard InChI is InChI=1S/C16H21F2N5O3/c1-9-13(23(8-19-9)7-12(17)18)15-21-20-14(26-15)10-4-3-5-11(6-10)22(2)16(24)25/h8,10-12H,3-7H2,1-2H3,(H,24,25)/t10-,11+/m0/s1. The number of aromatic nitrogens is 4. The molecule has 1 fully saturated rings. The van der Waals surface area contributed by atoms with E-state index in [0.717, 1.165) is 19.3 Å². The van der Waals surface area contributed by atoms with Crippen molar-refractivity contribution in [2.45, 2.75) is 57.5 Å². The molecule has 10 heteroatoms. The molecule has 1 saturated carbocycles. The highest BCUT2D eigenvalue weighted by atomic mass is 19.3. The lowest BCUT2D eigenvalue weighted by Gasteiger charge is -2.32. The van der Waals surface area contributed by atoms with E-state index in [1.807, 2.05) is 0 Å². The van der Waals surface area contributed by atoms with Gasteiger partial charge in [0.2, 0.25) is 5.89 Å². The summed E-state index contributed by atoms with van der Waals surface area (Å²) in [4.78, 5) is 16.5. The summed E-state index contributed by atoms with van der Waals surface area (Å²) in [7, 11) is 1.56. The Kier molecular flexibility index (Phi) is 5.19. The summed E-state index contributed by atoms with van der Waals surface area (Å²) in [6, 6.07) is -0.104. The molecule has 2 atom stereocenters. The number of alkyl halides is 2. The van der Waals surface area contributed by atoms with Crippen molar-refractivity contribution in [3.05, 3.63) is 17.9 Å². The monoisotopic (exact) mass is 369 g/mol. The van der Waals surface area contributed by atoms with E-state index >= 15 is 0 Å². The van der Waals surface area contributed by atoms with Crippen LogP contribution in [0.4, 0.5) is 13.6 Å². The second-order valence-electron chi connectivity index (χ2n) is 6.58. The molecule has 2 heterocycles. The molecule has 0 unspecified atom stereocenters. The van der Waals surface area contributed by atoms with Crippen LogP contribution >= 0.6 is 0 Å². The van der Waals surface area contributed by atoms with Crippen LogP contribution in [0, 0.1) is 6.92 Å². The Hall–Kier alpha value is -2.52. The van der Waals surface area contributed by atoms with Crippen LogP contribution in [0.1, 0.15) is 43.2 Å². The maximum Gasteiger partial charge on any atom is 0.407 e. The average molecular weight is 369 g/mol. The van der Waals surface area contributed by atoms with Crippen LogP contribution in [0.2, 0.25) is 0 Å². The third-order valence-electron chi connectivity index (χ3n) is 4.84. The van der Waals surface area contributed by atoms with Crippen molar-refractivity contribution in [1.29, 1.82) is 0 Å². The van der Waals surface area contributed by atoms with Crippen LogP contribution in [0.15, 0.2) is 10.7 Å². The maximum atomic E-state index is 12.7. The first kappa shape index (κ1) is 18.3. The fourth-order valence-corrected chi connectivity index (χ4v) is 3.44. The van der Waals surface area contributed by atoms with Gasteiger partial charge in [0.1, 0.15) is 5.69 Å². The van der Waals surface area contributed by atoms with Gasteiger partial charge < -0.3 is 19.0 Å². The number of hydrogen-bond acceptors (Lipinski definition) is 5. The van der Waals surface area contributed by atoms with Gasteiger partial charge in [-0.3, -0.25) is 0 Å². The molecule has 0 radical (unpaired) electrons. The molecule has 2 aromatic heterocycles. The summed E-state index contributed by atoms with van der Waals surface area (Å²) in [5.41, 5.74) is 0.923. The molecule has 26 heavy (non-hydrogen) atoms. The average Bonchev–Trinajstić information content (AvgIpc) is 3.20. The van der Waals surface area contributed by atoms with Crippen LogP contribution in [0.25, 0.3) is 11.6 Å². The summed E-state index contributed by atoms with van der Waals surface area (Å²) in [5, 5.41) is 17.3. The molecule has 8 nitrogen and oxygen atoms in total. The Balaban J connectivity index is 1.80. The van der Waals surface area contributed by atoms with Crippen molar-refractivity contribution in [2.24, 2.45) is 0 Å². The van der Waals surface area contributed by atoms with Crippen molar-refractivity contribution in [2.75, 3.05) is 7.05 Å². The number of imidazole rings is 1. The molecule has 142 valence electrons. The van der Waals surface area contributed by atoms with Crippen LogP contribution in [0.3, 0.4) is 0 Å². The molecule has 0 saturated heterocycles. The van der Waals surface area contributed by atoms with E-state index in [4.69, 9.17) is 9.52 Å². The number of carbonyl (C=O) groups is 1. The minimum atomic E-state index is -2.52. The highest BCUT2D eigenvalue weighted by molar-refractivity contribution is 5.65. The van der Waals surface area contributed by atoms with Gasteiger partial charge in [-0.05, 0) is 26.2 Å². The highest BCUT2D eigenvalue weighted by Crippen LogP contribution is 2.35. The molecule has 1 aliphatic rings. The summed E-state index contributed by atoms with van der Waals surface area (Å²) >= 11 is 0. The number of halogens is 2. The molecule has 1 amide bonds. The molecule has 0 spiro atoms. The first-order chi connectivity index (χ1) is 12.4. The van der Waals surface area contributed by atoms with Crippen molar-refractivity contribution < 1.29 is 23.1 Å². The van der Waals surface area contributed by atoms with Gasteiger partial charge in [0.05, 0.1) is 18.6 Å². The predicted molar refractivity (Wildman–Crippen MR) is 87.0 cm³/mol. The van der Waals surface area contributed by atoms with Gasteiger partial charge in [0.15, 0.2) is 0 Å². The third kappa shape index (κ3) is 3.68. The maximum absolute atomic E-state index is 12.7. The first-order valence-electron chi connectivity index (χ1n) is 8.46. The van der Waals surface area contributed by atoms with E-state index in [1.165, 1.54) is 15.8 Å². The number of aryl methyl sites for hydroxylation is 1. The Morgan fingerprint density at radius 1 is 1.46 bits per heavy atom. The topological polar surface area (TPSA) is 97.3 Å². The molecule has 0 bridgehead atoms. The van der Waals surface area contributed by atoms with Crippen LogP contribution < -0.4 is 0 Å². The molecule has 1 aliphatic carbocycles. The van der Waals surface area contributed by atoms with Crippen molar-refractivity contribution >= 4 is 6.09 Å². The lowest BCUT2D eigenvalue weighted by Crippen LogP contribution is -2.38. The summed E-state index contributed by atoms with van der Waals surface area (Å²) in [6.45, 7) is 1.20. The number of amides is 1. The van der Waals surface area contributed by atoms with Crippen LogP contribution in [-0.2, 0) is 6.54 Å². The largest absolute Gasteiger partial charge is 0.465 e. The summed E-state index contributed by atoms with van der Waals surface area (Å²) in [6.07, 6.45) is 0.914. The fraction of sp³-hybridized carbons (Fsp3) is 0.625. The number of nitrogens with zero attached hydrogens (tertiary/aromatic N) is 5. The normalized spacial score (nSPS) is 20.5. The summed E-state index contributed by atoms with van der Waals surface area (Å²) in [5.74, 6) is 0.514. The molecular weight excluding hydrogens is 348 g/mol. The SMILES string of the molecule is Cc1ncn(CC(F)F)c1-c1nnc([C@H]2CCC[C@@H](N(C)C(=O)O)C2)o1. The van der Waals surface area contributed by atoms with Gasteiger partial charge in [0.25, 0.3) is 12.3 Å².